The third kappa shape index (κ3) is 3.17. The number of hydrogen-bond donors (Lipinski definition) is 4. The van der Waals surface area contributed by atoms with Gasteiger partial charge in [-0.05, 0) is 43.5 Å². The molecule has 0 radical (unpaired) electrons. The van der Waals surface area contributed by atoms with E-state index in [0.29, 0.717) is 6.54 Å². The van der Waals surface area contributed by atoms with Crippen LogP contribution in [0.1, 0.15) is 30.1 Å². The van der Waals surface area contributed by atoms with Gasteiger partial charge in [0.1, 0.15) is 17.1 Å². The quantitative estimate of drug-likeness (QED) is 0.661. The van der Waals surface area contributed by atoms with Crippen molar-refractivity contribution in [3.8, 4) is 11.5 Å². The van der Waals surface area contributed by atoms with Gasteiger partial charge >= 0.3 is 0 Å². The molecule has 4 N–H and O–H groups in total. The lowest BCUT2D eigenvalue weighted by molar-refractivity contribution is 0.0916. The van der Waals surface area contributed by atoms with Crippen molar-refractivity contribution in [3.63, 3.8) is 0 Å². The fourth-order valence-corrected chi connectivity index (χ4v) is 2.35. The van der Waals surface area contributed by atoms with Crippen molar-refractivity contribution in [3.05, 3.63) is 23.8 Å². The van der Waals surface area contributed by atoms with Gasteiger partial charge in [-0.15, -0.1) is 0 Å². The van der Waals surface area contributed by atoms with Crippen molar-refractivity contribution in [1.82, 2.24) is 10.6 Å². The zero-order chi connectivity index (χ0) is 13.9. The summed E-state index contributed by atoms with van der Waals surface area (Å²) in [7, 11) is 0. The second-order valence-electron chi connectivity index (χ2n) is 5.41. The lowest BCUT2D eigenvalue weighted by atomic mass is 9.81. The molecule has 104 valence electrons. The molecule has 5 heteroatoms. The van der Waals surface area contributed by atoms with Crippen LogP contribution in [0.4, 0.5) is 0 Å². The van der Waals surface area contributed by atoms with E-state index in [1.165, 1.54) is 18.2 Å². The number of hydrogen-bond acceptors (Lipinski definition) is 4. The van der Waals surface area contributed by atoms with Gasteiger partial charge in [-0.3, -0.25) is 4.79 Å². The number of benzene rings is 1. The van der Waals surface area contributed by atoms with Gasteiger partial charge in [0.2, 0.25) is 0 Å². The standard InChI is InChI=1S/C14H20N2O3/c1-14(5-7-15-8-6-14)9-16-13(19)12-10(17)3-2-4-11(12)18/h2-4,15,17-18H,5-9H2,1H3,(H,16,19). The Hall–Kier alpha value is -1.75. The minimum atomic E-state index is -0.435. The molecule has 1 aliphatic rings. The van der Waals surface area contributed by atoms with E-state index >= 15 is 0 Å². The van der Waals surface area contributed by atoms with Crippen LogP contribution in [-0.4, -0.2) is 35.8 Å². The van der Waals surface area contributed by atoms with Crippen LogP contribution >= 0.6 is 0 Å². The predicted molar refractivity (Wildman–Crippen MR) is 72.3 cm³/mol. The van der Waals surface area contributed by atoms with Crippen molar-refractivity contribution in [1.29, 1.82) is 0 Å². The van der Waals surface area contributed by atoms with E-state index in [0.717, 1.165) is 25.9 Å². The number of nitrogens with one attached hydrogen (secondary N) is 2. The highest BCUT2D eigenvalue weighted by atomic mass is 16.3. The van der Waals surface area contributed by atoms with E-state index in [1.807, 2.05) is 0 Å². The van der Waals surface area contributed by atoms with Crippen LogP contribution in [-0.2, 0) is 0 Å². The molecule has 0 aliphatic carbocycles. The fourth-order valence-electron chi connectivity index (χ4n) is 2.35. The largest absolute Gasteiger partial charge is 0.507 e. The van der Waals surface area contributed by atoms with Gasteiger partial charge in [-0.2, -0.15) is 0 Å². The van der Waals surface area contributed by atoms with Gasteiger partial charge in [0.15, 0.2) is 0 Å². The first kappa shape index (κ1) is 13.7. The molecular formula is C14H20N2O3. The van der Waals surface area contributed by atoms with E-state index in [2.05, 4.69) is 17.6 Å². The average molecular weight is 264 g/mol. The Morgan fingerprint density at radius 2 is 1.89 bits per heavy atom. The smallest absolute Gasteiger partial charge is 0.258 e. The Morgan fingerprint density at radius 3 is 2.47 bits per heavy atom. The van der Waals surface area contributed by atoms with Crippen molar-refractivity contribution in [2.75, 3.05) is 19.6 Å². The zero-order valence-corrected chi connectivity index (χ0v) is 11.1. The summed E-state index contributed by atoms with van der Waals surface area (Å²) in [6.45, 7) is 4.59. The molecule has 1 aliphatic heterocycles. The van der Waals surface area contributed by atoms with E-state index in [9.17, 15) is 15.0 Å². The molecule has 0 unspecified atom stereocenters. The topological polar surface area (TPSA) is 81.6 Å². The fraction of sp³-hybridized carbons (Fsp3) is 0.500. The second kappa shape index (κ2) is 5.48. The highest BCUT2D eigenvalue weighted by Crippen LogP contribution is 2.29. The van der Waals surface area contributed by atoms with Gasteiger partial charge in [-0.25, -0.2) is 0 Å². The molecule has 1 aromatic carbocycles. The number of phenols is 2. The molecule has 0 spiro atoms. The molecule has 0 bridgehead atoms. The number of phenolic OH excluding ortho intramolecular Hbond substituents is 2. The lowest BCUT2D eigenvalue weighted by Crippen LogP contribution is -2.42. The first-order valence-corrected chi connectivity index (χ1v) is 6.52. The summed E-state index contributed by atoms with van der Waals surface area (Å²) in [5.74, 6) is -0.837. The molecule has 1 aromatic rings. The Balaban J connectivity index is 2.01. The van der Waals surface area contributed by atoms with Crippen LogP contribution in [0, 0.1) is 5.41 Å². The summed E-state index contributed by atoms with van der Waals surface area (Å²) >= 11 is 0. The van der Waals surface area contributed by atoms with Crippen LogP contribution in [0.15, 0.2) is 18.2 Å². The van der Waals surface area contributed by atoms with E-state index in [4.69, 9.17) is 0 Å². The highest BCUT2D eigenvalue weighted by molar-refractivity contribution is 5.99. The van der Waals surface area contributed by atoms with Gasteiger partial charge in [0, 0.05) is 6.54 Å². The molecule has 5 nitrogen and oxygen atoms in total. The lowest BCUT2D eigenvalue weighted by Gasteiger charge is -2.34. The number of rotatable bonds is 3. The Labute approximate surface area is 112 Å². The maximum Gasteiger partial charge on any atom is 0.258 e. The molecule has 1 fully saturated rings. The van der Waals surface area contributed by atoms with Crippen LogP contribution in [0.25, 0.3) is 0 Å². The maximum absolute atomic E-state index is 12.0. The molecular weight excluding hydrogens is 244 g/mol. The summed E-state index contributed by atoms with van der Waals surface area (Å²) in [4.78, 5) is 12.0. The van der Waals surface area contributed by atoms with E-state index < -0.39 is 5.91 Å². The molecule has 2 rings (SSSR count). The summed E-state index contributed by atoms with van der Waals surface area (Å²) in [6.07, 6.45) is 2.00. The number of carbonyl (C=O) groups excluding carboxylic acids is 1. The normalized spacial score (nSPS) is 17.9. The van der Waals surface area contributed by atoms with Crippen molar-refractivity contribution >= 4 is 5.91 Å². The Kier molecular flexibility index (Phi) is 3.95. The molecule has 0 atom stereocenters. The third-order valence-corrected chi connectivity index (χ3v) is 3.73. The van der Waals surface area contributed by atoms with Crippen LogP contribution in [0.3, 0.4) is 0 Å². The monoisotopic (exact) mass is 264 g/mol. The summed E-state index contributed by atoms with van der Waals surface area (Å²) in [6, 6.07) is 4.28. The summed E-state index contributed by atoms with van der Waals surface area (Å²) in [5.41, 5.74) is 0.0148. The van der Waals surface area contributed by atoms with Gasteiger partial charge in [0.05, 0.1) is 0 Å². The summed E-state index contributed by atoms with van der Waals surface area (Å²) in [5, 5.41) is 25.4. The Bertz CT molecular complexity index is 448. The summed E-state index contributed by atoms with van der Waals surface area (Å²) < 4.78 is 0. The first-order chi connectivity index (χ1) is 9.02. The number of aromatic hydroxyl groups is 2. The van der Waals surface area contributed by atoms with Crippen molar-refractivity contribution in [2.45, 2.75) is 19.8 Å². The second-order valence-corrected chi connectivity index (χ2v) is 5.41. The van der Waals surface area contributed by atoms with E-state index in [1.54, 1.807) is 0 Å². The first-order valence-electron chi connectivity index (χ1n) is 6.52. The van der Waals surface area contributed by atoms with Gasteiger partial charge < -0.3 is 20.8 Å². The molecule has 19 heavy (non-hydrogen) atoms. The molecule has 0 aromatic heterocycles. The zero-order valence-electron chi connectivity index (χ0n) is 11.1. The van der Waals surface area contributed by atoms with Crippen LogP contribution < -0.4 is 10.6 Å². The number of carbonyl (C=O) groups is 1. The minimum Gasteiger partial charge on any atom is -0.507 e. The molecule has 0 saturated carbocycles. The number of piperidine rings is 1. The van der Waals surface area contributed by atoms with Gasteiger partial charge in [-0.1, -0.05) is 13.0 Å². The molecule has 1 saturated heterocycles. The third-order valence-electron chi connectivity index (χ3n) is 3.73. The average Bonchev–Trinajstić information content (AvgIpc) is 2.37. The molecule has 1 amide bonds. The van der Waals surface area contributed by atoms with Gasteiger partial charge in [0.25, 0.3) is 5.91 Å². The Morgan fingerprint density at radius 1 is 1.32 bits per heavy atom. The SMILES string of the molecule is CC1(CNC(=O)c2c(O)cccc2O)CCNCC1. The number of amides is 1. The maximum atomic E-state index is 12.0. The predicted octanol–water partition coefficient (Wildman–Crippen LogP) is 1.22. The minimum absolute atomic E-state index is 0.0555. The van der Waals surface area contributed by atoms with Crippen LogP contribution in [0.5, 0.6) is 11.5 Å². The van der Waals surface area contributed by atoms with Crippen molar-refractivity contribution in [2.24, 2.45) is 5.41 Å². The molecule has 1 heterocycles. The van der Waals surface area contributed by atoms with Crippen LogP contribution in [0.2, 0.25) is 0 Å². The highest BCUT2D eigenvalue weighted by Gasteiger charge is 2.28. The van der Waals surface area contributed by atoms with E-state index in [-0.39, 0.29) is 22.5 Å². The van der Waals surface area contributed by atoms with Crippen molar-refractivity contribution < 1.29 is 15.0 Å².